The number of rotatable bonds is 3. The normalized spacial score (nSPS) is 17.8. The van der Waals surface area contributed by atoms with Crippen LogP contribution in [0.5, 0.6) is 5.75 Å². The molecule has 0 saturated heterocycles. The molecule has 0 bridgehead atoms. The third-order valence-electron chi connectivity index (χ3n) is 4.07. The highest BCUT2D eigenvalue weighted by atomic mass is 35.5. The number of halogens is 1. The number of methoxy groups -OCH3 is 1. The van der Waals surface area contributed by atoms with Gasteiger partial charge in [0.2, 0.25) is 5.82 Å². The van der Waals surface area contributed by atoms with Crippen molar-refractivity contribution in [3.63, 3.8) is 0 Å². The number of aromatic nitrogens is 2. The lowest BCUT2D eigenvalue weighted by Gasteiger charge is -2.32. The third-order valence-corrected chi connectivity index (χ3v) is 4.40. The van der Waals surface area contributed by atoms with Crippen LogP contribution in [0.3, 0.4) is 0 Å². The van der Waals surface area contributed by atoms with E-state index in [1.54, 1.807) is 13.2 Å². The Bertz CT molecular complexity index is 636. The minimum Gasteiger partial charge on any atom is -0.508 e. The Morgan fingerprint density at radius 1 is 1.29 bits per heavy atom. The number of benzene rings is 1. The van der Waals surface area contributed by atoms with E-state index in [0.29, 0.717) is 22.3 Å². The van der Waals surface area contributed by atoms with Crippen molar-refractivity contribution in [3.05, 3.63) is 29.0 Å². The zero-order chi connectivity index (χ0) is 14.9. The lowest BCUT2D eigenvalue weighted by molar-refractivity contribution is -0.0527. The van der Waals surface area contributed by atoms with Crippen LogP contribution in [0.4, 0.5) is 0 Å². The van der Waals surface area contributed by atoms with E-state index in [-0.39, 0.29) is 5.75 Å². The number of hydrogen-bond donors (Lipinski definition) is 1. The van der Waals surface area contributed by atoms with Crippen LogP contribution in [0.1, 0.15) is 37.9 Å². The molecular formula is C15H17ClN2O3. The molecule has 21 heavy (non-hydrogen) atoms. The molecule has 5 nitrogen and oxygen atoms in total. The summed E-state index contributed by atoms with van der Waals surface area (Å²) in [6.07, 6.45) is 5.15. The van der Waals surface area contributed by atoms with Gasteiger partial charge in [-0.3, -0.25) is 0 Å². The van der Waals surface area contributed by atoms with E-state index in [4.69, 9.17) is 20.9 Å². The first-order valence-electron chi connectivity index (χ1n) is 7.03. The topological polar surface area (TPSA) is 68.4 Å². The van der Waals surface area contributed by atoms with Crippen molar-refractivity contribution < 1.29 is 14.4 Å². The van der Waals surface area contributed by atoms with Crippen LogP contribution in [0, 0.1) is 0 Å². The summed E-state index contributed by atoms with van der Waals surface area (Å²) in [5.41, 5.74) is 0.0565. The van der Waals surface area contributed by atoms with Crippen molar-refractivity contribution in [1.29, 1.82) is 0 Å². The first-order chi connectivity index (χ1) is 10.1. The molecule has 1 fully saturated rings. The SMILES string of the molecule is COC1(c2noc(-c3cc(O)ccc3Cl)n2)CCCCC1. The largest absolute Gasteiger partial charge is 0.508 e. The molecule has 2 aromatic rings. The second kappa shape index (κ2) is 5.66. The van der Waals surface area contributed by atoms with Gasteiger partial charge in [-0.25, -0.2) is 0 Å². The molecule has 3 rings (SSSR count). The molecule has 0 radical (unpaired) electrons. The van der Waals surface area contributed by atoms with Crippen molar-refractivity contribution in [2.24, 2.45) is 0 Å². The van der Waals surface area contributed by atoms with Crippen LogP contribution in [0.2, 0.25) is 5.02 Å². The number of ether oxygens (including phenoxy) is 1. The quantitative estimate of drug-likeness (QED) is 0.931. The predicted molar refractivity (Wildman–Crippen MR) is 78.2 cm³/mol. The summed E-state index contributed by atoms with van der Waals surface area (Å²) in [5.74, 6) is 0.959. The minimum atomic E-state index is -0.469. The summed E-state index contributed by atoms with van der Waals surface area (Å²) in [7, 11) is 1.68. The van der Waals surface area contributed by atoms with Crippen LogP contribution in [0.15, 0.2) is 22.7 Å². The van der Waals surface area contributed by atoms with Gasteiger partial charge in [-0.05, 0) is 31.0 Å². The molecule has 1 aliphatic rings. The molecular weight excluding hydrogens is 292 g/mol. The molecule has 0 atom stereocenters. The van der Waals surface area contributed by atoms with Gasteiger partial charge in [0.1, 0.15) is 11.4 Å². The van der Waals surface area contributed by atoms with Gasteiger partial charge in [-0.1, -0.05) is 36.0 Å². The fraction of sp³-hybridized carbons (Fsp3) is 0.467. The third kappa shape index (κ3) is 2.63. The van der Waals surface area contributed by atoms with Crippen LogP contribution in [-0.4, -0.2) is 22.4 Å². The van der Waals surface area contributed by atoms with Crippen molar-refractivity contribution in [1.82, 2.24) is 10.1 Å². The predicted octanol–water partition coefficient (Wildman–Crippen LogP) is 3.90. The molecule has 112 valence electrons. The molecule has 0 unspecified atom stereocenters. The average molecular weight is 309 g/mol. The number of hydrogen-bond acceptors (Lipinski definition) is 5. The maximum atomic E-state index is 9.58. The van der Waals surface area contributed by atoms with Gasteiger partial charge in [0.25, 0.3) is 5.89 Å². The molecule has 6 heteroatoms. The molecule has 0 aliphatic heterocycles. The molecule has 1 aliphatic carbocycles. The maximum absolute atomic E-state index is 9.58. The monoisotopic (exact) mass is 308 g/mol. The van der Waals surface area contributed by atoms with Gasteiger partial charge < -0.3 is 14.4 Å². The van der Waals surface area contributed by atoms with Crippen LogP contribution in [0.25, 0.3) is 11.5 Å². The number of phenols is 1. The molecule has 0 spiro atoms. The summed E-state index contributed by atoms with van der Waals surface area (Å²) in [6, 6.07) is 4.63. The Morgan fingerprint density at radius 3 is 2.76 bits per heavy atom. The van der Waals surface area contributed by atoms with Crippen LogP contribution < -0.4 is 0 Å². The fourth-order valence-electron chi connectivity index (χ4n) is 2.84. The summed E-state index contributed by atoms with van der Waals surface area (Å²) in [5, 5.41) is 14.1. The van der Waals surface area contributed by atoms with Gasteiger partial charge in [0.15, 0.2) is 0 Å². The minimum absolute atomic E-state index is 0.105. The van der Waals surface area contributed by atoms with E-state index in [2.05, 4.69) is 10.1 Å². The van der Waals surface area contributed by atoms with E-state index >= 15 is 0 Å². The van der Waals surface area contributed by atoms with Crippen molar-refractivity contribution in [2.45, 2.75) is 37.7 Å². The van der Waals surface area contributed by atoms with Gasteiger partial charge in [0.05, 0.1) is 10.6 Å². The molecule has 1 saturated carbocycles. The van der Waals surface area contributed by atoms with Crippen molar-refractivity contribution in [3.8, 4) is 17.2 Å². The summed E-state index contributed by atoms with van der Waals surface area (Å²) >= 11 is 6.12. The van der Waals surface area contributed by atoms with Crippen LogP contribution in [-0.2, 0) is 10.3 Å². The van der Waals surface area contributed by atoms with E-state index in [1.807, 2.05) is 0 Å². The van der Waals surface area contributed by atoms with E-state index in [9.17, 15) is 5.11 Å². The highest BCUT2D eigenvalue weighted by Crippen LogP contribution is 2.39. The first kappa shape index (κ1) is 14.4. The van der Waals surface area contributed by atoms with Crippen molar-refractivity contribution in [2.75, 3.05) is 7.11 Å². The fourth-order valence-corrected chi connectivity index (χ4v) is 3.04. The Kier molecular flexibility index (Phi) is 3.87. The van der Waals surface area contributed by atoms with Crippen LogP contribution >= 0.6 is 11.6 Å². The zero-order valence-corrected chi connectivity index (χ0v) is 12.6. The smallest absolute Gasteiger partial charge is 0.259 e. The highest BCUT2D eigenvalue weighted by molar-refractivity contribution is 6.33. The van der Waals surface area contributed by atoms with E-state index in [0.717, 1.165) is 25.7 Å². The lowest BCUT2D eigenvalue weighted by Crippen LogP contribution is -2.32. The summed E-state index contributed by atoms with van der Waals surface area (Å²) in [4.78, 5) is 4.45. The number of phenolic OH excluding ortho intramolecular Hbond substituents is 1. The Balaban J connectivity index is 1.97. The summed E-state index contributed by atoms with van der Waals surface area (Å²) in [6.45, 7) is 0. The zero-order valence-electron chi connectivity index (χ0n) is 11.8. The Hall–Kier alpha value is -1.59. The van der Waals surface area contributed by atoms with Gasteiger partial charge in [-0.2, -0.15) is 4.98 Å². The van der Waals surface area contributed by atoms with E-state index in [1.165, 1.54) is 18.6 Å². The van der Waals surface area contributed by atoms with Gasteiger partial charge >= 0.3 is 0 Å². The molecule has 0 amide bonds. The van der Waals surface area contributed by atoms with Gasteiger partial charge in [0, 0.05) is 7.11 Å². The average Bonchev–Trinajstić information content (AvgIpc) is 3.00. The molecule has 1 aromatic carbocycles. The highest BCUT2D eigenvalue weighted by Gasteiger charge is 2.38. The van der Waals surface area contributed by atoms with Crippen molar-refractivity contribution >= 4 is 11.6 Å². The van der Waals surface area contributed by atoms with E-state index < -0.39 is 5.60 Å². The molecule has 1 aromatic heterocycles. The summed E-state index contributed by atoms with van der Waals surface area (Å²) < 4.78 is 11.0. The van der Waals surface area contributed by atoms with Gasteiger partial charge in [-0.15, -0.1) is 0 Å². The second-order valence-corrected chi connectivity index (χ2v) is 5.75. The molecule has 1 N–H and O–H groups in total. The number of nitrogens with zero attached hydrogens (tertiary/aromatic N) is 2. The Labute approximate surface area is 127 Å². The maximum Gasteiger partial charge on any atom is 0.259 e. The second-order valence-electron chi connectivity index (χ2n) is 5.35. The first-order valence-corrected chi connectivity index (χ1v) is 7.41. The Morgan fingerprint density at radius 2 is 2.05 bits per heavy atom. The number of aromatic hydroxyl groups is 1. The standard InChI is InChI=1S/C15H17ClN2O3/c1-20-15(7-3-2-4-8-15)14-17-13(21-18-14)11-9-10(19)5-6-12(11)16/h5-6,9,19H,2-4,7-8H2,1H3. The lowest BCUT2D eigenvalue weighted by atomic mass is 9.84. The molecule has 1 heterocycles.